The lowest BCUT2D eigenvalue weighted by Gasteiger charge is -2.12. The van der Waals surface area contributed by atoms with E-state index in [0.29, 0.717) is 0 Å². The topological polar surface area (TPSA) is 94.2 Å². The molecule has 2 rings (SSSR count). The second kappa shape index (κ2) is 6.31. The zero-order valence-corrected chi connectivity index (χ0v) is 12.0. The van der Waals surface area contributed by atoms with Crippen molar-refractivity contribution < 1.29 is 9.72 Å². The first-order chi connectivity index (χ1) is 9.97. The molecule has 2 aromatic rings. The van der Waals surface area contributed by atoms with Crippen LogP contribution >= 0.6 is 11.3 Å². The second-order valence-electron chi connectivity index (χ2n) is 4.42. The Morgan fingerprint density at radius 1 is 1.48 bits per heavy atom. The number of thiophene rings is 1. The molecule has 0 spiro atoms. The first kappa shape index (κ1) is 14.9. The van der Waals surface area contributed by atoms with Gasteiger partial charge in [-0.1, -0.05) is 6.07 Å². The van der Waals surface area contributed by atoms with E-state index in [1.165, 1.54) is 11.3 Å². The molecule has 2 heterocycles. The van der Waals surface area contributed by atoms with Gasteiger partial charge in [-0.25, -0.2) is 0 Å². The zero-order valence-electron chi connectivity index (χ0n) is 11.2. The van der Waals surface area contributed by atoms with Gasteiger partial charge < -0.3 is 5.32 Å². The van der Waals surface area contributed by atoms with Crippen LogP contribution in [0.1, 0.15) is 17.8 Å². The first-order valence-corrected chi connectivity index (χ1v) is 7.03. The molecule has 0 saturated carbocycles. The van der Waals surface area contributed by atoms with Crippen molar-refractivity contribution in [1.82, 2.24) is 9.88 Å². The van der Waals surface area contributed by atoms with Crippen molar-refractivity contribution >= 4 is 22.9 Å². The van der Waals surface area contributed by atoms with Gasteiger partial charge in [-0.15, -0.1) is 11.3 Å². The number of aromatic nitrogens is 1. The molecule has 2 aromatic heterocycles. The first-order valence-electron chi connectivity index (χ1n) is 6.15. The monoisotopic (exact) mass is 307 g/mol. The number of rotatable bonds is 5. The highest BCUT2D eigenvalue weighted by molar-refractivity contribution is 7.10. The Bertz CT molecular complexity index is 708. The van der Waals surface area contributed by atoms with Gasteiger partial charge in [-0.05, 0) is 18.4 Å². The summed E-state index contributed by atoms with van der Waals surface area (Å²) in [5.41, 5.74) is -0.687. The molecule has 0 radical (unpaired) electrons. The smallest absolute Gasteiger partial charge is 0.285 e. The normalized spacial score (nSPS) is 11.9. The summed E-state index contributed by atoms with van der Waals surface area (Å²) in [4.78, 5) is 34.6. The van der Waals surface area contributed by atoms with E-state index in [4.69, 9.17) is 0 Å². The molecule has 0 aliphatic rings. The zero-order chi connectivity index (χ0) is 15.4. The Morgan fingerprint density at radius 2 is 2.24 bits per heavy atom. The molecule has 0 bridgehead atoms. The molecule has 1 amide bonds. The highest BCUT2D eigenvalue weighted by atomic mass is 32.1. The lowest BCUT2D eigenvalue weighted by Crippen LogP contribution is -2.33. The van der Waals surface area contributed by atoms with Gasteiger partial charge in [0.1, 0.15) is 6.54 Å². The lowest BCUT2D eigenvalue weighted by molar-refractivity contribution is -0.385. The summed E-state index contributed by atoms with van der Waals surface area (Å²) in [7, 11) is 0. The standard InChI is InChI=1S/C13H13N3O4S/c1-9(11-3-2-6-21-11)14-12(17)8-15-7-10(16(19)20)4-5-13(15)18/h2-7,9H,8H2,1H3,(H,14,17)/t9-/m1/s1. The van der Waals surface area contributed by atoms with Gasteiger partial charge in [0.25, 0.3) is 11.2 Å². The average molecular weight is 307 g/mol. The molecule has 21 heavy (non-hydrogen) atoms. The van der Waals surface area contributed by atoms with Crippen molar-refractivity contribution in [2.45, 2.75) is 19.5 Å². The summed E-state index contributed by atoms with van der Waals surface area (Å²) in [5.74, 6) is -0.376. The van der Waals surface area contributed by atoms with Crippen LogP contribution in [0.2, 0.25) is 0 Å². The molecular weight excluding hydrogens is 294 g/mol. The maximum atomic E-state index is 11.9. The highest BCUT2D eigenvalue weighted by Crippen LogP contribution is 2.17. The van der Waals surface area contributed by atoms with E-state index in [2.05, 4.69) is 5.32 Å². The summed E-state index contributed by atoms with van der Waals surface area (Å²) in [6.07, 6.45) is 1.07. The van der Waals surface area contributed by atoms with Crippen LogP contribution in [-0.2, 0) is 11.3 Å². The minimum atomic E-state index is -0.609. The van der Waals surface area contributed by atoms with E-state index in [0.717, 1.165) is 27.8 Å². The highest BCUT2D eigenvalue weighted by Gasteiger charge is 2.13. The van der Waals surface area contributed by atoms with E-state index in [9.17, 15) is 19.7 Å². The third kappa shape index (κ3) is 3.76. The fraction of sp³-hybridized carbons (Fsp3) is 0.231. The van der Waals surface area contributed by atoms with E-state index in [1.54, 1.807) is 0 Å². The summed E-state index contributed by atoms with van der Waals surface area (Å²) in [6, 6.07) is 5.80. The van der Waals surface area contributed by atoms with E-state index in [1.807, 2.05) is 24.4 Å². The quantitative estimate of drug-likeness (QED) is 0.672. The van der Waals surface area contributed by atoms with Crippen LogP contribution in [-0.4, -0.2) is 15.4 Å². The Balaban J connectivity index is 2.07. The molecule has 0 fully saturated rings. The summed E-state index contributed by atoms with van der Waals surface area (Å²) in [6.45, 7) is 1.58. The molecule has 110 valence electrons. The van der Waals surface area contributed by atoms with Gasteiger partial charge in [0.2, 0.25) is 5.91 Å². The van der Waals surface area contributed by atoms with Crippen LogP contribution in [0.4, 0.5) is 5.69 Å². The fourth-order valence-corrected chi connectivity index (χ4v) is 2.54. The number of nitrogens with zero attached hydrogens (tertiary/aromatic N) is 2. The third-order valence-electron chi connectivity index (χ3n) is 2.84. The fourth-order valence-electron chi connectivity index (χ4n) is 1.80. The number of hydrogen-bond donors (Lipinski definition) is 1. The van der Waals surface area contributed by atoms with E-state index < -0.39 is 10.5 Å². The molecule has 0 aromatic carbocycles. The molecule has 1 N–H and O–H groups in total. The molecule has 7 nitrogen and oxygen atoms in total. The molecule has 0 saturated heterocycles. The summed E-state index contributed by atoms with van der Waals surface area (Å²) >= 11 is 1.52. The summed E-state index contributed by atoms with van der Waals surface area (Å²) < 4.78 is 1.02. The molecular formula is C13H13N3O4S. The van der Waals surface area contributed by atoms with Crippen molar-refractivity contribution in [2.24, 2.45) is 0 Å². The van der Waals surface area contributed by atoms with Crippen LogP contribution in [0, 0.1) is 10.1 Å². The minimum Gasteiger partial charge on any atom is -0.347 e. The largest absolute Gasteiger partial charge is 0.347 e. The van der Waals surface area contributed by atoms with Crippen molar-refractivity contribution in [3.05, 3.63) is 61.2 Å². The SMILES string of the molecule is C[C@@H](NC(=O)Cn1cc([N+](=O)[O-])ccc1=O)c1cccs1. The molecule has 8 heteroatoms. The number of nitrogens with one attached hydrogen (secondary N) is 1. The van der Waals surface area contributed by atoms with Gasteiger partial charge in [-0.3, -0.25) is 24.3 Å². The Kier molecular flexibility index (Phi) is 4.49. The number of hydrogen-bond acceptors (Lipinski definition) is 5. The number of pyridine rings is 1. The average Bonchev–Trinajstić information content (AvgIpc) is 2.95. The van der Waals surface area contributed by atoms with Crippen LogP contribution in [0.15, 0.2) is 40.6 Å². The number of carbonyl (C=O) groups is 1. The van der Waals surface area contributed by atoms with Crippen molar-refractivity contribution in [1.29, 1.82) is 0 Å². The van der Waals surface area contributed by atoms with Gasteiger partial charge in [0.05, 0.1) is 17.2 Å². The number of amides is 1. The Morgan fingerprint density at radius 3 is 2.86 bits per heavy atom. The molecule has 0 aliphatic carbocycles. The maximum absolute atomic E-state index is 11.9. The van der Waals surface area contributed by atoms with E-state index in [-0.39, 0.29) is 24.2 Å². The number of carbonyl (C=O) groups excluding carboxylic acids is 1. The van der Waals surface area contributed by atoms with Gasteiger partial charge in [-0.2, -0.15) is 0 Å². The number of nitro groups is 1. The predicted octanol–water partition coefficient (Wildman–Crippen LogP) is 1.70. The second-order valence-corrected chi connectivity index (χ2v) is 5.39. The maximum Gasteiger partial charge on any atom is 0.285 e. The van der Waals surface area contributed by atoms with Gasteiger partial charge in [0, 0.05) is 17.0 Å². The predicted molar refractivity (Wildman–Crippen MR) is 78.2 cm³/mol. The molecule has 1 atom stereocenters. The summed E-state index contributed by atoms with van der Waals surface area (Å²) in [5, 5.41) is 15.3. The Labute approximate surface area is 124 Å². The molecule has 0 unspecified atom stereocenters. The lowest BCUT2D eigenvalue weighted by atomic mass is 10.3. The molecule has 0 aliphatic heterocycles. The minimum absolute atomic E-state index is 0.174. The van der Waals surface area contributed by atoms with Crippen molar-refractivity contribution in [3.63, 3.8) is 0 Å². The van der Waals surface area contributed by atoms with Crippen molar-refractivity contribution in [2.75, 3.05) is 0 Å². The van der Waals surface area contributed by atoms with Gasteiger partial charge in [0.15, 0.2) is 0 Å². The van der Waals surface area contributed by atoms with E-state index >= 15 is 0 Å². The van der Waals surface area contributed by atoms with Crippen molar-refractivity contribution in [3.8, 4) is 0 Å². The van der Waals surface area contributed by atoms with Crippen LogP contribution in [0.25, 0.3) is 0 Å². The van der Waals surface area contributed by atoms with Crippen LogP contribution < -0.4 is 10.9 Å². The Hall–Kier alpha value is -2.48. The van der Waals surface area contributed by atoms with Crippen LogP contribution in [0.5, 0.6) is 0 Å². The van der Waals surface area contributed by atoms with Gasteiger partial charge >= 0.3 is 0 Å². The van der Waals surface area contributed by atoms with Crippen LogP contribution in [0.3, 0.4) is 0 Å². The third-order valence-corrected chi connectivity index (χ3v) is 3.90.